The van der Waals surface area contributed by atoms with E-state index in [-0.39, 0.29) is 24.2 Å². The Morgan fingerprint density at radius 1 is 1.08 bits per heavy atom. The molecule has 5 nitrogen and oxygen atoms in total. The number of amides is 1. The van der Waals surface area contributed by atoms with Crippen molar-refractivity contribution in [3.8, 4) is 0 Å². The zero-order valence-electron chi connectivity index (χ0n) is 14.5. The van der Waals surface area contributed by atoms with Gasteiger partial charge in [0, 0.05) is 18.7 Å². The van der Waals surface area contributed by atoms with Crippen LogP contribution in [0, 0.1) is 11.6 Å². The van der Waals surface area contributed by atoms with Gasteiger partial charge in [-0.05, 0) is 37.6 Å². The summed E-state index contributed by atoms with van der Waals surface area (Å²) in [6, 6.07) is 10.4. The number of para-hydroxylation sites is 2. The Bertz CT molecular complexity index is 1000. The van der Waals surface area contributed by atoms with Gasteiger partial charge in [0.15, 0.2) is 0 Å². The van der Waals surface area contributed by atoms with Crippen LogP contribution in [0.4, 0.5) is 8.78 Å². The number of hydrogen-bond acceptors (Lipinski definition) is 2. The summed E-state index contributed by atoms with van der Waals surface area (Å²) in [4.78, 5) is 24.7. The molecule has 1 amide bonds. The number of carbonyl (C=O) groups is 1. The molecule has 3 rings (SSSR count). The quantitative estimate of drug-likeness (QED) is 0.760. The molecule has 0 fully saturated rings. The number of carbonyl (C=O) groups excluding carboxylic acids is 1. The summed E-state index contributed by atoms with van der Waals surface area (Å²) >= 11 is 0. The molecule has 2 aromatic carbocycles. The number of aryl methyl sites for hydroxylation is 1. The van der Waals surface area contributed by atoms with E-state index in [2.05, 4.69) is 5.32 Å². The summed E-state index contributed by atoms with van der Waals surface area (Å²) in [6.45, 7) is 1.50. The molecule has 0 saturated heterocycles. The molecule has 0 radical (unpaired) electrons. The minimum absolute atomic E-state index is 0.0225. The summed E-state index contributed by atoms with van der Waals surface area (Å²) in [5.74, 6) is -1.68. The van der Waals surface area contributed by atoms with Crippen LogP contribution in [0.25, 0.3) is 11.0 Å². The molecule has 0 aliphatic heterocycles. The number of benzene rings is 2. The standard InChI is InChI=1S/C19H19F2N3O2/c1-12(10-13-14(20)6-5-7-15(13)21)22-18(25)11-24-17-9-4-3-8-16(17)23(2)19(24)26/h3-9,12H,10-11H2,1-2H3,(H,22,25). The van der Waals surface area contributed by atoms with Gasteiger partial charge in [0.1, 0.15) is 18.2 Å². The number of hydrogen-bond donors (Lipinski definition) is 1. The van der Waals surface area contributed by atoms with Crippen LogP contribution >= 0.6 is 0 Å². The maximum Gasteiger partial charge on any atom is 0.329 e. The molecule has 136 valence electrons. The van der Waals surface area contributed by atoms with Crippen molar-refractivity contribution in [3.05, 3.63) is 70.1 Å². The third kappa shape index (κ3) is 3.37. The van der Waals surface area contributed by atoms with Gasteiger partial charge in [-0.25, -0.2) is 13.6 Å². The maximum atomic E-state index is 13.7. The normalized spacial score (nSPS) is 12.3. The molecule has 1 unspecified atom stereocenters. The molecule has 0 spiro atoms. The average molecular weight is 359 g/mol. The van der Waals surface area contributed by atoms with Crippen molar-refractivity contribution in [1.82, 2.24) is 14.5 Å². The van der Waals surface area contributed by atoms with E-state index in [1.807, 2.05) is 6.07 Å². The predicted molar refractivity (Wildman–Crippen MR) is 94.8 cm³/mol. The summed E-state index contributed by atoms with van der Waals surface area (Å²) in [5.41, 5.74) is 1.02. The Morgan fingerprint density at radius 2 is 1.69 bits per heavy atom. The molecule has 1 N–H and O–H groups in total. The van der Waals surface area contributed by atoms with Gasteiger partial charge in [0.05, 0.1) is 11.0 Å². The Balaban J connectivity index is 1.74. The van der Waals surface area contributed by atoms with Crippen molar-refractivity contribution in [1.29, 1.82) is 0 Å². The van der Waals surface area contributed by atoms with Crippen LogP contribution in [0.1, 0.15) is 12.5 Å². The largest absolute Gasteiger partial charge is 0.352 e. The van der Waals surface area contributed by atoms with E-state index in [9.17, 15) is 18.4 Å². The average Bonchev–Trinajstić information content (AvgIpc) is 2.84. The van der Waals surface area contributed by atoms with E-state index in [4.69, 9.17) is 0 Å². The van der Waals surface area contributed by atoms with Crippen molar-refractivity contribution in [3.63, 3.8) is 0 Å². The predicted octanol–water partition coefficient (Wildman–Crippen LogP) is 2.37. The first-order valence-electron chi connectivity index (χ1n) is 8.25. The van der Waals surface area contributed by atoms with Crippen LogP contribution in [-0.2, 0) is 24.8 Å². The van der Waals surface area contributed by atoms with E-state index < -0.39 is 23.6 Å². The lowest BCUT2D eigenvalue weighted by Gasteiger charge is -2.15. The first-order chi connectivity index (χ1) is 12.4. The van der Waals surface area contributed by atoms with Crippen LogP contribution in [0.15, 0.2) is 47.3 Å². The molecular formula is C19H19F2N3O2. The highest BCUT2D eigenvalue weighted by Gasteiger charge is 2.17. The second-order valence-corrected chi connectivity index (χ2v) is 6.29. The highest BCUT2D eigenvalue weighted by atomic mass is 19.1. The first kappa shape index (κ1) is 17.8. The van der Waals surface area contributed by atoms with Crippen LogP contribution in [0.3, 0.4) is 0 Å². The second-order valence-electron chi connectivity index (χ2n) is 6.29. The van der Waals surface area contributed by atoms with E-state index in [1.54, 1.807) is 32.2 Å². The molecule has 1 aromatic heterocycles. The zero-order valence-corrected chi connectivity index (χ0v) is 14.5. The number of aromatic nitrogens is 2. The Labute approximate surface area is 148 Å². The number of nitrogens with zero attached hydrogens (tertiary/aromatic N) is 2. The number of fused-ring (bicyclic) bond motifs is 1. The molecule has 0 aliphatic rings. The van der Waals surface area contributed by atoms with Crippen LogP contribution in [-0.4, -0.2) is 21.1 Å². The van der Waals surface area contributed by atoms with Crippen LogP contribution < -0.4 is 11.0 Å². The van der Waals surface area contributed by atoms with Gasteiger partial charge in [-0.2, -0.15) is 0 Å². The molecule has 1 atom stereocenters. The Morgan fingerprint density at radius 3 is 2.35 bits per heavy atom. The van der Waals surface area contributed by atoms with E-state index in [0.29, 0.717) is 5.52 Å². The van der Waals surface area contributed by atoms with Crippen molar-refractivity contribution in [2.45, 2.75) is 25.9 Å². The van der Waals surface area contributed by atoms with Crippen LogP contribution in [0.5, 0.6) is 0 Å². The van der Waals surface area contributed by atoms with Crippen molar-refractivity contribution >= 4 is 16.9 Å². The molecule has 26 heavy (non-hydrogen) atoms. The molecule has 1 heterocycles. The topological polar surface area (TPSA) is 56.0 Å². The van der Waals surface area contributed by atoms with Crippen LogP contribution in [0.2, 0.25) is 0 Å². The maximum absolute atomic E-state index is 13.7. The first-order valence-corrected chi connectivity index (χ1v) is 8.25. The monoisotopic (exact) mass is 359 g/mol. The number of nitrogens with one attached hydrogen (secondary N) is 1. The second kappa shape index (κ2) is 7.11. The zero-order chi connectivity index (χ0) is 18.8. The lowest BCUT2D eigenvalue weighted by molar-refractivity contribution is -0.122. The lowest BCUT2D eigenvalue weighted by atomic mass is 10.1. The minimum Gasteiger partial charge on any atom is -0.352 e. The smallest absolute Gasteiger partial charge is 0.329 e. The number of halogens is 2. The van der Waals surface area contributed by atoms with Gasteiger partial charge >= 0.3 is 5.69 Å². The Kier molecular flexibility index (Phi) is 4.88. The van der Waals surface area contributed by atoms with Crippen molar-refractivity contribution in [2.24, 2.45) is 7.05 Å². The van der Waals surface area contributed by atoms with E-state index in [1.165, 1.54) is 27.3 Å². The third-order valence-corrected chi connectivity index (χ3v) is 4.33. The fraction of sp³-hybridized carbons (Fsp3) is 0.263. The summed E-state index contributed by atoms with van der Waals surface area (Å²) in [7, 11) is 1.64. The van der Waals surface area contributed by atoms with Gasteiger partial charge in [-0.3, -0.25) is 13.9 Å². The molecular weight excluding hydrogens is 340 g/mol. The summed E-state index contributed by atoms with van der Waals surface area (Å²) in [5, 5.41) is 2.69. The highest BCUT2D eigenvalue weighted by molar-refractivity contribution is 5.81. The van der Waals surface area contributed by atoms with Crippen molar-refractivity contribution in [2.75, 3.05) is 0 Å². The SMILES string of the molecule is CC(Cc1c(F)cccc1F)NC(=O)Cn1c(=O)n(C)c2ccccc21. The van der Waals surface area contributed by atoms with Gasteiger partial charge in [-0.1, -0.05) is 18.2 Å². The lowest BCUT2D eigenvalue weighted by Crippen LogP contribution is -2.38. The minimum atomic E-state index is -0.642. The third-order valence-electron chi connectivity index (χ3n) is 4.33. The van der Waals surface area contributed by atoms with Gasteiger partial charge < -0.3 is 5.32 Å². The van der Waals surface area contributed by atoms with E-state index >= 15 is 0 Å². The number of rotatable bonds is 5. The fourth-order valence-corrected chi connectivity index (χ4v) is 3.06. The summed E-state index contributed by atoms with van der Waals surface area (Å²) in [6.07, 6.45) is 0.0225. The molecule has 7 heteroatoms. The molecule has 0 bridgehead atoms. The Hall–Kier alpha value is -2.96. The highest BCUT2D eigenvalue weighted by Crippen LogP contribution is 2.14. The van der Waals surface area contributed by atoms with E-state index in [0.717, 1.165) is 5.52 Å². The molecule has 0 saturated carbocycles. The van der Waals surface area contributed by atoms with Gasteiger partial charge in [-0.15, -0.1) is 0 Å². The number of imidazole rings is 1. The van der Waals surface area contributed by atoms with Gasteiger partial charge in [0.25, 0.3) is 0 Å². The van der Waals surface area contributed by atoms with Crippen molar-refractivity contribution < 1.29 is 13.6 Å². The van der Waals surface area contributed by atoms with Gasteiger partial charge in [0.2, 0.25) is 5.91 Å². The molecule has 3 aromatic rings. The fourth-order valence-electron chi connectivity index (χ4n) is 3.06. The molecule has 0 aliphatic carbocycles. The summed E-state index contributed by atoms with van der Waals surface area (Å²) < 4.78 is 30.3.